The third-order valence-corrected chi connectivity index (χ3v) is 4.75. The van der Waals surface area contributed by atoms with Gasteiger partial charge in [0, 0.05) is 4.88 Å². The number of hydrogen-bond acceptors (Lipinski definition) is 5. The first kappa shape index (κ1) is 15.1. The molecule has 1 atom stereocenters. The van der Waals surface area contributed by atoms with E-state index < -0.39 is 18.0 Å². The monoisotopic (exact) mass is 315 g/mol. The van der Waals surface area contributed by atoms with Gasteiger partial charge in [-0.1, -0.05) is 0 Å². The second-order valence-corrected chi connectivity index (χ2v) is 6.58. The summed E-state index contributed by atoms with van der Waals surface area (Å²) in [6.07, 6.45) is 5.40. The maximum Gasteiger partial charge on any atom is 0.326 e. The van der Waals surface area contributed by atoms with Crippen molar-refractivity contribution in [1.29, 1.82) is 0 Å². The minimum atomic E-state index is -1.02. The van der Waals surface area contributed by atoms with Gasteiger partial charge < -0.3 is 10.4 Å². The topological polar surface area (TPSA) is 91.3 Å². The van der Waals surface area contributed by atoms with Gasteiger partial charge in [0.2, 0.25) is 0 Å². The Balaban J connectivity index is 1.88. The highest BCUT2D eigenvalue weighted by Gasteiger charge is 2.21. The number of carboxylic acids is 1. The van der Waals surface area contributed by atoms with E-state index in [1.165, 1.54) is 16.2 Å². The molecule has 0 aromatic carbocycles. The quantitative estimate of drug-likeness (QED) is 0.746. The van der Waals surface area contributed by atoms with Gasteiger partial charge in [-0.15, -0.1) is 11.3 Å². The molecule has 1 heterocycles. The Morgan fingerprint density at radius 2 is 2.30 bits per heavy atom. The number of aromatic nitrogens is 1. The van der Waals surface area contributed by atoms with Crippen molar-refractivity contribution in [3.05, 3.63) is 10.6 Å². The molecule has 0 radical (unpaired) electrons. The number of anilines is 1. The maximum absolute atomic E-state index is 11.8. The molecule has 8 heteroatoms. The number of nitrogens with zero attached hydrogens (tertiary/aromatic N) is 1. The third-order valence-electron chi connectivity index (χ3n) is 3.03. The van der Waals surface area contributed by atoms with Crippen molar-refractivity contribution in [3.63, 3.8) is 0 Å². The number of hydrogen-bond donors (Lipinski definition) is 3. The number of thiazole rings is 1. The van der Waals surface area contributed by atoms with Crippen molar-refractivity contribution in [2.75, 3.05) is 17.3 Å². The highest BCUT2D eigenvalue weighted by molar-refractivity contribution is 7.98. The van der Waals surface area contributed by atoms with E-state index in [0.717, 1.165) is 25.0 Å². The SMILES string of the molecule is CSCC[C@H](NC(=O)Nc1nc2c(s1)CCC2)C(=O)O. The Morgan fingerprint density at radius 1 is 1.50 bits per heavy atom. The minimum Gasteiger partial charge on any atom is -0.480 e. The van der Waals surface area contributed by atoms with Gasteiger partial charge in [0.15, 0.2) is 5.13 Å². The largest absolute Gasteiger partial charge is 0.480 e. The van der Waals surface area contributed by atoms with Gasteiger partial charge in [-0.25, -0.2) is 14.6 Å². The number of urea groups is 1. The van der Waals surface area contributed by atoms with Gasteiger partial charge in [-0.05, 0) is 37.7 Å². The van der Waals surface area contributed by atoms with Crippen LogP contribution in [0.1, 0.15) is 23.4 Å². The number of nitrogens with one attached hydrogen (secondary N) is 2. The molecule has 0 spiro atoms. The van der Waals surface area contributed by atoms with Crippen molar-refractivity contribution < 1.29 is 14.7 Å². The lowest BCUT2D eigenvalue weighted by Gasteiger charge is -2.13. The molecule has 1 aromatic heterocycles. The van der Waals surface area contributed by atoms with Crippen LogP contribution in [0.15, 0.2) is 0 Å². The van der Waals surface area contributed by atoms with Crippen molar-refractivity contribution in [2.24, 2.45) is 0 Å². The van der Waals surface area contributed by atoms with Crippen LogP contribution in [0.3, 0.4) is 0 Å². The average molecular weight is 315 g/mol. The second kappa shape index (κ2) is 6.94. The normalized spacial score (nSPS) is 14.7. The van der Waals surface area contributed by atoms with Gasteiger partial charge in [0.05, 0.1) is 5.69 Å². The lowest BCUT2D eigenvalue weighted by atomic mass is 10.2. The Morgan fingerprint density at radius 3 is 2.95 bits per heavy atom. The molecular weight excluding hydrogens is 298 g/mol. The number of carboxylic acid groups (broad SMARTS) is 1. The first-order valence-corrected chi connectivity index (χ1v) is 8.59. The number of amides is 2. The van der Waals surface area contributed by atoms with E-state index in [1.807, 2.05) is 6.26 Å². The highest BCUT2D eigenvalue weighted by Crippen LogP contribution is 2.30. The van der Waals surface area contributed by atoms with E-state index in [4.69, 9.17) is 5.11 Å². The van der Waals surface area contributed by atoms with Crippen LogP contribution in [0.4, 0.5) is 9.93 Å². The molecule has 0 bridgehead atoms. The zero-order valence-corrected chi connectivity index (χ0v) is 12.8. The number of carbonyl (C=O) groups is 2. The molecule has 1 aromatic rings. The molecule has 0 saturated heterocycles. The van der Waals surface area contributed by atoms with Crippen molar-refractivity contribution >= 4 is 40.2 Å². The van der Waals surface area contributed by atoms with Gasteiger partial charge in [0.1, 0.15) is 6.04 Å². The van der Waals surface area contributed by atoms with Crippen LogP contribution >= 0.6 is 23.1 Å². The van der Waals surface area contributed by atoms with E-state index in [0.29, 0.717) is 17.3 Å². The van der Waals surface area contributed by atoms with Crippen molar-refractivity contribution in [1.82, 2.24) is 10.3 Å². The van der Waals surface area contributed by atoms with Crippen LogP contribution in [0.5, 0.6) is 0 Å². The van der Waals surface area contributed by atoms with Gasteiger partial charge in [0.25, 0.3) is 0 Å². The highest BCUT2D eigenvalue weighted by atomic mass is 32.2. The summed E-state index contributed by atoms with van der Waals surface area (Å²) in [5.41, 5.74) is 1.06. The molecule has 1 aliphatic rings. The van der Waals surface area contributed by atoms with Crippen LogP contribution in [-0.4, -0.2) is 40.1 Å². The summed E-state index contributed by atoms with van der Waals surface area (Å²) in [6, 6.07) is -1.37. The molecule has 3 N–H and O–H groups in total. The Kier molecular flexibility index (Phi) is 5.24. The predicted molar refractivity (Wildman–Crippen MR) is 80.7 cm³/mol. The second-order valence-electron chi connectivity index (χ2n) is 4.51. The molecule has 1 aliphatic carbocycles. The molecule has 0 unspecified atom stereocenters. The van der Waals surface area contributed by atoms with E-state index >= 15 is 0 Å². The summed E-state index contributed by atoms with van der Waals surface area (Å²) in [4.78, 5) is 28.4. The Labute approximate surface area is 125 Å². The van der Waals surface area contributed by atoms with Crippen molar-refractivity contribution in [2.45, 2.75) is 31.7 Å². The molecule has 0 aliphatic heterocycles. The van der Waals surface area contributed by atoms with Gasteiger partial charge >= 0.3 is 12.0 Å². The van der Waals surface area contributed by atoms with E-state index in [-0.39, 0.29) is 0 Å². The maximum atomic E-state index is 11.8. The zero-order valence-electron chi connectivity index (χ0n) is 11.1. The fraction of sp³-hybridized carbons (Fsp3) is 0.583. The lowest BCUT2D eigenvalue weighted by molar-refractivity contribution is -0.139. The number of rotatable bonds is 6. The summed E-state index contributed by atoms with van der Waals surface area (Å²) in [5.74, 6) is -0.334. The molecule has 0 saturated carbocycles. The van der Waals surface area contributed by atoms with Crippen LogP contribution in [0.2, 0.25) is 0 Å². The summed E-state index contributed by atoms with van der Waals surface area (Å²) < 4.78 is 0. The zero-order chi connectivity index (χ0) is 14.5. The van der Waals surface area contributed by atoms with E-state index in [1.54, 1.807) is 11.8 Å². The van der Waals surface area contributed by atoms with E-state index in [2.05, 4.69) is 15.6 Å². The molecule has 0 fully saturated rings. The number of fused-ring (bicyclic) bond motifs is 1. The fourth-order valence-electron chi connectivity index (χ4n) is 2.03. The molecule has 2 rings (SSSR count). The van der Waals surface area contributed by atoms with Crippen LogP contribution < -0.4 is 10.6 Å². The Hall–Kier alpha value is -1.28. The lowest BCUT2D eigenvalue weighted by Crippen LogP contribution is -2.43. The smallest absolute Gasteiger partial charge is 0.326 e. The molecule has 2 amide bonds. The predicted octanol–water partition coefficient (Wildman–Crippen LogP) is 1.96. The van der Waals surface area contributed by atoms with E-state index in [9.17, 15) is 9.59 Å². The standard InChI is InChI=1S/C12H17N3O3S2/c1-19-6-5-8(10(16)17)13-11(18)15-12-14-7-3-2-4-9(7)20-12/h8H,2-6H2,1H3,(H,16,17)(H2,13,14,15,18)/t8-/m0/s1. The summed E-state index contributed by atoms with van der Waals surface area (Å²) in [7, 11) is 0. The number of thioether (sulfide) groups is 1. The molecule has 6 nitrogen and oxygen atoms in total. The van der Waals surface area contributed by atoms with Crippen LogP contribution in [0.25, 0.3) is 0 Å². The number of aliphatic carboxylic acids is 1. The molecule has 20 heavy (non-hydrogen) atoms. The van der Waals surface area contributed by atoms with Crippen molar-refractivity contribution in [3.8, 4) is 0 Å². The third kappa shape index (κ3) is 3.86. The number of carbonyl (C=O) groups excluding carboxylic acids is 1. The van der Waals surface area contributed by atoms with Crippen LogP contribution in [-0.2, 0) is 17.6 Å². The van der Waals surface area contributed by atoms with Gasteiger partial charge in [-0.3, -0.25) is 5.32 Å². The molecular formula is C12H17N3O3S2. The Bertz CT molecular complexity index is 483. The minimum absolute atomic E-state index is 0.401. The fourth-order valence-corrected chi connectivity index (χ4v) is 3.54. The average Bonchev–Trinajstić information content (AvgIpc) is 2.94. The summed E-state index contributed by atoms with van der Waals surface area (Å²) >= 11 is 3.02. The first-order valence-electron chi connectivity index (χ1n) is 6.38. The molecule has 110 valence electrons. The van der Waals surface area contributed by atoms with Gasteiger partial charge in [-0.2, -0.15) is 11.8 Å². The van der Waals surface area contributed by atoms with Crippen LogP contribution in [0, 0.1) is 0 Å². The summed E-state index contributed by atoms with van der Waals surface area (Å²) in [5, 5.41) is 14.7. The summed E-state index contributed by atoms with van der Waals surface area (Å²) in [6.45, 7) is 0. The first-order chi connectivity index (χ1) is 9.60. The number of aryl methyl sites for hydroxylation is 2.